The van der Waals surface area contributed by atoms with Crippen molar-refractivity contribution in [3.8, 4) is 0 Å². The molecule has 3 N–H and O–H groups in total. The monoisotopic (exact) mass is 331 g/mol. The molecule has 2 aliphatic heterocycles. The highest BCUT2D eigenvalue weighted by Gasteiger charge is 2.31. The van der Waals surface area contributed by atoms with E-state index < -0.39 is 0 Å². The summed E-state index contributed by atoms with van der Waals surface area (Å²) in [6, 6.07) is 11.0. The molecule has 1 amide bonds. The predicted molar refractivity (Wildman–Crippen MR) is 92.8 cm³/mol. The van der Waals surface area contributed by atoms with E-state index in [1.54, 1.807) is 0 Å². The largest absolute Gasteiger partial charge is 0.483 e. The number of carbonyl (C=O) groups excluding carboxylic acids is 1. The lowest BCUT2D eigenvalue weighted by Crippen LogP contribution is -2.59. The molecule has 1 aromatic rings. The number of carboxylic acid groups (broad SMARTS) is 1. The zero-order valence-electron chi connectivity index (χ0n) is 13.9. The summed E-state index contributed by atoms with van der Waals surface area (Å²) in [4.78, 5) is 22.8. The fourth-order valence-corrected chi connectivity index (χ4v) is 3.07. The number of rotatable bonds is 4. The number of fused-ring (bicyclic) bond motifs is 2. The molecule has 6 heteroatoms. The molecule has 2 atom stereocenters. The van der Waals surface area contributed by atoms with Crippen LogP contribution in [0, 0.1) is 0 Å². The number of amides is 1. The second-order valence-electron chi connectivity index (χ2n) is 6.04. The van der Waals surface area contributed by atoms with Crippen LogP contribution in [0.4, 0.5) is 0 Å². The average molecular weight is 331 g/mol. The van der Waals surface area contributed by atoms with Gasteiger partial charge in [-0.25, -0.2) is 0 Å². The van der Waals surface area contributed by atoms with Gasteiger partial charge in [-0.05, 0) is 18.4 Å². The normalized spacial score (nSPS) is 21.8. The third kappa shape index (κ3) is 4.91. The Morgan fingerprint density at radius 2 is 2.04 bits per heavy atom. The Balaban J connectivity index is 0.000000647. The van der Waals surface area contributed by atoms with Crippen molar-refractivity contribution in [2.24, 2.45) is 0 Å². The lowest BCUT2D eigenvalue weighted by atomic mass is 9.93. The van der Waals surface area contributed by atoms with Crippen LogP contribution in [-0.2, 0) is 16.0 Å². The predicted octanol–water partition coefficient (Wildman–Crippen LogP) is 0.648. The van der Waals surface area contributed by atoms with Crippen molar-refractivity contribution in [1.29, 1.82) is 0 Å². The van der Waals surface area contributed by atoms with Crippen LogP contribution >= 0.6 is 0 Å². The molecule has 0 aliphatic carbocycles. The molecule has 2 heterocycles. The van der Waals surface area contributed by atoms with Crippen LogP contribution < -0.4 is 10.6 Å². The molecule has 2 bridgehead atoms. The van der Waals surface area contributed by atoms with Gasteiger partial charge in [0.1, 0.15) is 0 Å². The Bertz CT molecular complexity index is 574. The van der Waals surface area contributed by atoms with Crippen LogP contribution in [0.15, 0.2) is 42.0 Å². The van der Waals surface area contributed by atoms with Gasteiger partial charge in [0, 0.05) is 38.3 Å². The molecule has 24 heavy (non-hydrogen) atoms. The molecule has 3 rings (SSSR count). The van der Waals surface area contributed by atoms with Crippen LogP contribution in [0.3, 0.4) is 0 Å². The molecule has 1 fully saturated rings. The minimum absolute atomic E-state index is 0.158. The molecule has 6 nitrogen and oxygen atoms in total. The SMILES string of the molecule is CN(CCc1ccccc1)C(=O)C1=CCC2CNCC1N2.O=CO. The highest BCUT2D eigenvalue weighted by molar-refractivity contribution is 5.94. The highest BCUT2D eigenvalue weighted by Crippen LogP contribution is 2.18. The van der Waals surface area contributed by atoms with Crippen LogP contribution in [-0.4, -0.2) is 61.2 Å². The van der Waals surface area contributed by atoms with Crippen LogP contribution in [0.5, 0.6) is 0 Å². The summed E-state index contributed by atoms with van der Waals surface area (Å²) in [7, 11) is 1.90. The molecule has 2 aliphatic rings. The first-order chi connectivity index (χ1) is 11.7. The summed E-state index contributed by atoms with van der Waals surface area (Å²) < 4.78 is 0. The first kappa shape index (κ1) is 18.2. The van der Waals surface area contributed by atoms with Crippen molar-refractivity contribution in [2.45, 2.75) is 24.9 Å². The van der Waals surface area contributed by atoms with Gasteiger partial charge >= 0.3 is 0 Å². The molecule has 1 aromatic carbocycles. The molecule has 130 valence electrons. The van der Waals surface area contributed by atoms with Crippen molar-refractivity contribution in [3.05, 3.63) is 47.5 Å². The number of nitrogens with zero attached hydrogens (tertiary/aromatic N) is 1. The topological polar surface area (TPSA) is 81.7 Å². The van der Waals surface area contributed by atoms with Gasteiger partial charge in [0.05, 0.1) is 6.04 Å². The first-order valence-corrected chi connectivity index (χ1v) is 8.19. The maximum atomic E-state index is 12.6. The highest BCUT2D eigenvalue weighted by atomic mass is 16.3. The van der Waals surface area contributed by atoms with Crippen LogP contribution in [0.1, 0.15) is 12.0 Å². The Hall–Kier alpha value is -2.18. The molecular weight excluding hydrogens is 306 g/mol. The maximum absolute atomic E-state index is 12.6. The van der Waals surface area contributed by atoms with E-state index >= 15 is 0 Å². The van der Waals surface area contributed by atoms with Crippen molar-refractivity contribution in [3.63, 3.8) is 0 Å². The lowest BCUT2D eigenvalue weighted by molar-refractivity contribution is -0.126. The van der Waals surface area contributed by atoms with E-state index in [4.69, 9.17) is 9.90 Å². The molecule has 0 aromatic heterocycles. The Morgan fingerprint density at radius 1 is 1.33 bits per heavy atom. The van der Waals surface area contributed by atoms with Gasteiger partial charge in [-0.3, -0.25) is 9.59 Å². The molecule has 2 unspecified atom stereocenters. The van der Waals surface area contributed by atoms with Crippen molar-refractivity contribution in [2.75, 3.05) is 26.7 Å². The Labute approximate surface area is 142 Å². The van der Waals surface area contributed by atoms with E-state index in [0.717, 1.165) is 38.0 Å². The van der Waals surface area contributed by atoms with E-state index in [2.05, 4.69) is 28.8 Å². The second kappa shape index (κ2) is 9.20. The number of nitrogens with one attached hydrogen (secondary N) is 2. The minimum Gasteiger partial charge on any atom is -0.483 e. The number of benzene rings is 1. The number of likely N-dealkylation sites (N-methyl/N-ethyl adjacent to an activating group) is 1. The lowest BCUT2D eigenvalue weighted by Gasteiger charge is -2.37. The smallest absolute Gasteiger partial charge is 0.290 e. The zero-order valence-corrected chi connectivity index (χ0v) is 13.9. The van der Waals surface area contributed by atoms with Crippen molar-refractivity contribution >= 4 is 12.4 Å². The maximum Gasteiger partial charge on any atom is 0.290 e. The quantitative estimate of drug-likeness (QED) is 0.706. The van der Waals surface area contributed by atoms with E-state index in [1.807, 2.05) is 30.1 Å². The number of hydrogen-bond donors (Lipinski definition) is 3. The summed E-state index contributed by atoms with van der Waals surface area (Å²) >= 11 is 0. The fraction of sp³-hybridized carbons (Fsp3) is 0.444. The van der Waals surface area contributed by atoms with Crippen molar-refractivity contribution < 1.29 is 14.7 Å². The molecule has 1 saturated heterocycles. The van der Waals surface area contributed by atoms with Gasteiger partial charge in [0.25, 0.3) is 12.4 Å². The molecular formula is C18H25N3O3. The van der Waals surface area contributed by atoms with Gasteiger partial charge in [0.15, 0.2) is 0 Å². The first-order valence-electron chi connectivity index (χ1n) is 8.19. The van der Waals surface area contributed by atoms with E-state index in [1.165, 1.54) is 5.56 Å². The third-order valence-corrected chi connectivity index (χ3v) is 4.35. The van der Waals surface area contributed by atoms with Gasteiger partial charge in [-0.1, -0.05) is 36.4 Å². The Kier molecular flexibility index (Phi) is 6.96. The zero-order chi connectivity index (χ0) is 17.4. The summed E-state index contributed by atoms with van der Waals surface area (Å²) in [5.74, 6) is 0.158. The molecule has 0 saturated carbocycles. The van der Waals surface area contributed by atoms with Gasteiger partial charge in [0.2, 0.25) is 0 Å². The summed E-state index contributed by atoms with van der Waals surface area (Å²) in [5.41, 5.74) is 2.20. The standard InChI is InChI=1S/C17H23N3O.CH2O2/c1-20(10-9-13-5-3-2-4-6-13)17(21)15-8-7-14-11-18-12-16(15)19-14;2-1-3/h2-6,8,14,16,18-19H,7,9-12H2,1H3;1H,(H,2,3). The summed E-state index contributed by atoms with van der Waals surface area (Å²) in [6.45, 7) is 2.35. The number of piperazine rings is 1. The number of hydrogen-bond acceptors (Lipinski definition) is 4. The molecule has 0 spiro atoms. The van der Waals surface area contributed by atoms with E-state index in [9.17, 15) is 4.79 Å². The molecule has 0 radical (unpaired) electrons. The minimum atomic E-state index is -0.250. The number of carbonyl (C=O) groups is 2. The van der Waals surface area contributed by atoms with E-state index in [-0.39, 0.29) is 18.4 Å². The average Bonchev–Trinajstić information content (AvgIpc) is 2.61. The van der Waals surface area contributed by atoms with Gasteiger partial charge in [-0.2, -0.15) is 0 Å². The van der Waals surface area contributed by atoms with Gasteiger partial charge < -0.3 is 20.6 Å². The summed E-state index contributed by atoms with van der Waals surface area (Å²) in [5, 5.41) is 13.8. The second-order valence-corrected chi connectivity index (χ2v) is 6.04. The third-order valence-electron chi connectivity index (χ3n) is 4.35. The van der Waals surface area contributed by atoms with Crippen LogP contribution in [0.2, 0.25) is 0 Å². The van der Waals surface area contributed by atoms with Crippen LogP contribution in [0.25, 0.3) is 0 Å². The Morgan fingerprint density at radius 3 is 2.75 bits per heavy atom. The van der Waals surface area contributed by atoms with E-state index in [0.29, 0.717) is 6.04 Å². The van der Waals surface area contributed by atoms with Gasteiger partial charge in [-0.15, -0.1) is 0 Å². The summed E-state index contributed by atoms with van der Waals surface area (Å²) in [6.07, 6.45) is 3.97. The van der Waals surface area contributed by atoms with Crippen molar-refractivity contribution in [1.82, 2.24) is 15.5 Å². The fourth-order valence-electron chi connectivity index (χ4n) is 3.07.